The molecule has 1 heterocycles. The number of hydrogen-bond donors (Lipinski definition) is 0. The monoisotopic (exact) mass is 408 g/mol. The summed E-state index contributed by atoms with van der Waals surface area (Å²) < 4.78 is 6.28. The first-order valence-corrected chi connectivity index (χ1v) is 13.0. The molecule has 3 heteroatoms. The summed E-state index contributed by atoms with van der Waals surface area (Å²) >= 11 is 3.78. The Morgan fingerprint density at radius 2 is 1.48 bits per heavy atom. The van der Waals surface area contributed by atoms with E-state index in [4.69, 9.17) is 4.74 Å². The molecule has 0 fully saturated rings. The number of thioether (sulfide) groups is 2. The van der Waals surface area contributed by atoms with Gasteiger partial charge in [0.2, 0.25) is 0 Å². The first kappa shape index (κ1) is 23.2. The van der Waals surface area contributed by atoms with Gasteiger partial charge in [0, 0.05) is 16.4 Å². The van der Waals surface area contributed by atoms with Crippen molar-refractivity contribution < 1.29 is 4.74 Å². The van der Waals surface area contributed by atoms with Crippen LogP contribution in [0.25, 0.3) is 0 Å². The van der Waals surface area contributed by atoms with Gasteiger partial charge >= 0.3 is 0 Å². The van der Waals surface area contributed by atoms with E-state index >= 15 is 0 Å². The SMILES string of the molecule is CCCCCCCCCCCCc1ccc2c(c1)SC(OCCC(C)C)S2. The fourth-order valence-electron chi connectivity index (χ4n) is 3.41. The molecule has 1 aliphatic rings. The summed E-state index contributed by atoms with van der Waals surface area (Å²) in [7, 11) is 0. The lowest BCUT2D eigenvalue weighted by atomic mass is 10.0. The van der Waals surface area contributed by atoms with E-state index in [2.05, 4.69) is 39.0 Å². The number of fused-ring (bicyclic) bond motifs is 1. The second kappa shape index (κ2) is 14.0. The quantitative estimate of drug-likeness (QED) is 0.269. The Balaban J connectivity index is 1.55. The Labute approximate surface area is 176 Å². The van der Waals surface area contributed by atoms with E-state index in [-0.39, 0.29) is 4.77 Å². The van der Waals surface area contributed by atoms with Gasteiger partial charge in [-0.3, -0.25) is 0 Å². The molecule has 0 aromatic heterocycles. The first-order chi connectivity index (χ1) is 13.2. The molecule has 0 amide bonds. The van der Waals surface area contributed by atoms with Gasteiger partial charge in [0.1, 0.15) is 0 Å². The van der Waals surface area contributed by atoms with Crippen LogP contribution >= 0.6 is 23.5 Å². The molecule has 1 nitrogen and oxygen atoms in total. The van der Waals surface area contributed by atoms with Gasteiger partial charge < -0.3 is 4.74 Å². The molecule has 0 spiro atoms. The molecule has 1 aromatic carbocycles. The van der Waals surface area contributed by atoms with Gasteiger partial charge in [-0.15, -0.1) is 0 Å². The van der Waals surface area contributed by atoms with Crippen LogP contribution in [0.15, 0.2) is 28.0 Å². The van der Waals surface area contributed by atoms with Crippen LogP contribution in [-0.4, -0.2) is 11.4 Å². The smallest absolute Gasteiger partial charge is 0.158 e. The fraction of sp³-hybridized carbons (Fsp3) is 0.750. The van der Waals surface area contributed by atoms with Crippen molar-refractivity contribution in [2.24, 2.45) is 5.92 Å². The third-order valence-electron chi connectivity index (χ3n) is 5.22. The Morgan fingerprint density at radius 1 is 0.852 bits per heavy atom. The molecule has 1 aliphatic heterocycles. The van der Waals surface area contributed by atoms with E-state index in [1.807, 2.05) is 23.5 Å². The summed E-state index contributed by atoms with van der Waals surface area (Å²) in [5.74, 6) is 0.719. The minimum Gasteiger partial charge on any atom is -0.357 e. The van der Waals surface area contributed by atoms with Gasteiger partial charge in [-0.05, 0) is 42.9 Å². The summed E-state index contributed by atoms with van der Waals surface area (Å²) in [5.41, 5.74) is 1.50. The number of hydrogen-bond acceptors (Lipinski definition) is 3. The van der Waals surface area contributed by atoms with Crippen LogP contribution in [0.4, 0.5) is 0 Å². The molecule has 27 heavy (non-hydrogen) atoms. The molecule has 154 valence electrons. The van der Waals surface area contributed by atoms with Crippen LogP contribution in [0.3, 0.4) is 0 Å². The van der Waals surface area contributed by atoms with E-state index < -0.39 is 0 Å². The highest BCUT2D eigenvalue weighted by atomic mass is 32.2. The summed E-state index contributed by atoms with van der Waals surface area (Å²) in [4.78, 5) is 2.83. The minimum atomic E-state index is 0.256. The lowest BCUT2D eigenvalue weighted by Gasteiger charge is -2.10. The Hall–Kier alpha value is -0.120. The van der Waals surface area contributed by atoms with E-state index in [9.17, 15) is 0 Å². The zero-order chi connectivity index (χ0) is 19.3. The molecule has 0 N–H and O–H groups in total. The van der Waals surface area contributed by atoms with Crippen molar-refractivity contribution in [3.63, 3.8) is 0 Å². The van der Waals surface area contributed by atoms with E-state index in [0.29, 0.717) is 0 Å². The van der Waals surface area contributed by atoms with Crippen molar-refractivity contribution in [2.45, 2.75) is 112 Å². The predicted molar refractivity (Wildman–Crippen MR) is 123 cm³/mol. The molecule has 0 saturated heterocycles. The van der Waals surface area contributed by atoms with Gasteiger partial charge in [0.05, 0.1) is 0 Å². The van der Waals surface area contributed by atoms with E-state index in [1.165, 1.54) is 86.0 Å². The highest BCUT2D eigenvalue weighted by Gasteiger charge is 2.23. The third-order valence-corrected chi connectivity index (χ3v) is 7.79. The third kappa shape index (κ3) is 9.76. The van der Waals surface area contributed by atoms with Gasteiger partial charge in [-0.1, -0.05) is 108 Å². The van der Waals surface area contributed by atoms with E-state index in [0.717, 1.165) is 18.9 Å². The van der Waals surface area contributed by atoms with Crippen LogP contribution < -0.4 is 0 Å². The standard InChI is InChI=1S/C24H40OS2/c1-4-5-6-7-8-9-10-11-12-13-14-21-15-16-22-23(19-21)27-24(26-22)25-18-17-20(2)3/h15-16,19-20,24H,4-14,17-18H2,1-3H3. The molecule has 1 atom stereocenters. The van der Waals surface area contributed by atoms with Crippen molar-refractivity contribution in [3.8, 4) is 0 Å². The second-order valence-electron chi connectivity index (χ2n) is 8.29. The van der Waals surface area contributed by atoms with Gasteiger partial charge in [0.15, 0.2) is 4.77 Å². The maximum atomic E-state index is 6.03. The average Bonchev–Trinajstić information content (AvgIpc) is 3.05. The summed E-state index contributed by atoms with van der Waals surface area (Å²) in [6.45, 7) is 7.68. The van der Waals surface area contributed by atoms with Crippen molar-refractivity contribution in [3.05, 3.63) is 23.8 Å². The van der Waals surface area contributed by atoms with Crippen molar-refractivity contribution >= 4 is 23.5 Å². The Kier molecular flexibility index (Phi) is 12.0. The number of benzene rings is 1. The van der Waals surface area contributed by atoms with Crippen molar-refractivity contribution in [2.75, 3.05) is 6.61 Å². The molecular formula is C24H40OS2. The number of aryl methyl sites for hydroxylation is 1. The summed E-state index contributed by atoms with van der Waals surface area (Å²) in [5, 5.41) is 0. The van der Waals surface area contributed by atoms with Crippen LogP contribution in [0, 0.1) is 5.92 Å². The Bertz CT molecular complexity index is 515. The topological polar surface area (TPSA) is 9.23 Å². The highest BCUT2D eigenvalue weighted by Crippen LogP contribution is 2.48. The van der Waals surface area contributed by atoms with Crippen LogP contribution in [0.1, 0.15) is 97.0 Å². The first-order valence-electron chi connectivity index (χ1n) is 11.3. The molecule has 2 rings (SSSR count). The normalized spacial score (nSPS) is 16.2. The lowest BCUT2D eigenvalue weighted by molar-refractivity contribution is 0.151. The molecular weight excluding hydrogens is 368 g/mol. The summed E-state index contributed by atoms with van der Waals surface area (Å²) in [6.07, 6.45) is 16.5. The van der Waals surface area contributed by atoms with E-state index in [1.54, 1.807) is 0 Å². The Morgan fingerprint density at radius 3 is 2.15 bits per heavy atom. The van der Waals surface area contributed by atoms with Gasteiger partial charge in [0.25, 0.3) is 0 Å². The number of unbranched alkanes of at least 4 members (excludes halogenated alkanes) is 9. The zero-order valence-corrected chi connectivity index (χ0v) is 19.4. The number of rotatable bonds is 15. The minimum absolute atomic E-state index is 0.256. The highest BCUT2D eigenvalue weighted by molar-refractivity contribution is 8.19. The molecule has 1 unspecified atom stereocenters. The fourth-order valence-corrected chi connectivity index (χ4v) is 5.99. The van der Waals surface area contributed by atoms with Gasteiger partial charge in [-0.25, -0.2) is 0 Å². The van der Waals surface area contributed by atoms with Gasteiger partial charge in [-0.2, -0.15) is 0 Å². The van der Waals surface area contributed by atoms with Crippen molar-refractivity contribution in [1.82, 2.24) is 0 Å². The zero-order valence-electron chi connectivity index (χ0n) is 17.8. The maximum absolute atomic E-state index is 6.03. The molecule has 0 bridgehead atoms. The summed E-state index contributed by atoms with van der Waals surface area (Å²) in [6, 6.07) is 7.05. The van der Waals surface area contributed by atoms with Crippen LogP contribution in [0.5, 0.6) is 0 Å². The number of ether oxygens (including phenoxy) is 1. The molecule has 1 aromatic rings. The second-order valence-corrected chi connectivity index (χ2v) is 10.8. The lowest BCUT2D eigenvalue weighted by Crippen LogP contribution is -2.04. The maximum Gasteiger partial charge on any atom is 0.158 e. The molecule has 0 saturated carbocycles. The predicted octanol–water partition coefficient (Wildman–Crippen LogP) is 8.69. The average molecular weight is 409 g/mol. The molecule has 0 radical (unpaired) electrons. The molecule has 0 aliphatic carbocycles. The van der Waals surface area contributed by atoms with Crippen molar-refractivity contribution in [1.29, 1.82) is 0 Å². The van der Waals surface area contributed by atoms with Crippen LogP contribution in [0.2, 0.25) is 0 Å². The largest absolute Gasteiger partial charge is 0.357 e. The van der Waals surface area contributed by atoms with Crippen LogP contribution in [-0.2, 0) is 11.2 Å².